The highest BCUT2D eigenvalue weighted by Crippen LogP contribution is 2.21. The van der Waals surface area contributed by atoms with Gasteiger partial charge >= 0.3 is 0 Å². The Bertz CT molecular complexity index is 1400. The van der Waals surface area contributed by atoms with E-state index in [9.17, 15) is 0 Å². The number of rotatable bonds is 49. The Morgan fingerprint density at radius 3 is 1.02 bits per heavy atom. The van der Waals surface area contributed by atoms with Crippen molar-refractivity contribution in [3.63, 3.8) is 0 Å². The smallest absolute Gasteiger partial charge is 0.0816 e. The number of aliphatic imine (C=N–C) groups is 2. The zero-order chi connectivity index (χ0) is 46.9. The quantitative estimate of drug-likeness (QED) is 0.0467. The molecule has 0 aromatic heterocycles. The van der Waals surface area contributed by atoms with E-state index in [0.29, 0.717) is 0 Å². The molecule has 0 unspecified atom stereocenters. The first-order valence-electron chi connectivity index (χ1n) is 29.7. The second kappa shape index (κ2) is 47.6. The summed E-state index contributed by atoms with van der Waals surface area (Å²) < 4.78 is 0. The Hall–Kier alpha value is -2.48. The van der Waals surface area contributed by atoms with Gasteiger partial charge in [0.15, 0.2) is 0 Å². The third-order valence-electron chi connectivity index (χ3n) is 14.1. The molecule has 2 aromatic rings. The molecule has 0 fully saturated rings. The van der Waals surface area contributed by atoms with Crippen molar-refractivity contribution >= 4 is 23.3 Å². The van der Waals surface area contributed by atoms with Gasteiger partial charge < -0.3 is 0 Å². The van der Waals surface area contributed by atoms with Crippen molar-refractivity contribution < 1.29 is 0 Å². The molecule has 66 heavy (non-hydrogen) atoms. The normalized spacial score (nSPS) is 12.1. The fraction of sp³-hybridized carbons (Fsp3) is 0.750. The van der Waals surface area contributed by atoms with Gasteiger partial charge in [-0.25, -0.2) is 4.99 Å². The van der Waals surface area contributed by atoms with E-state index in [0.717, 1.165) is 36.3 Å². The molecule has 0 bridgehead atoms. The maximum Gasteiger partial charge on any atom is 0.0816 e. The van der Waals surface area contributed by atoms with Crippen LogP contribution in [0, 0.1) is 0 Å². The van der Waals surface area contributed by atoms with Crippen molar-refractivity contribution in [1.29, 1.82) is 0 Å². The van der Waals surface area contributed by atoms with E-state index >= 15 is 0 Å². The highest BCUT2D eigenvalue weighted by molar-refractivity contribution is 6.36. The average molecular weight is 908 g/mol. The molecular weight excluding hydrogens is 797 g/mol. The molecule has 2 aromatic carbocycles. The molecule has 0 aliphatic carbocycles. The van der Waals surface area contributed by atoms with Crippen LogP contribution in [0.1, 0.15) is 308 Å². The Labute approximate surface area is 413 Å². The lowest BCUT2D eigenvalue weighted by Gasteiger charge is -2.05. The first-order chi connectivity index (χ1) is 32.7. The number of allylic oxidation sites excluding steroid dienone is 2. The van der Waals surface area contributed by atoms with Crippen LogP contribution in [0.5, 0.6) is 0 Å². The van der Waals surface area contributed by atoms with Gasteiger partial charge in [0.05, 0.1) is 23.3 Å². The van der Waals surface area contributed by atoms with Gasteiger partial charge in [-0.3, -0.25) is 4.99 Å². The van der Waals surface area contributed by atoms with Crippen LogP contribution < -0.4 is 0 Å². The zero-order valence-electron chi connectivity index (χ0n) is 44.6. The van der Waals surface area contributed by atoms with Crippen molar-refractivity contribution in [3.05, 3.63) is 71.8 Å². The van der Waals surface area contributed by atoms with Crippen LogP contribution in [0.15, 0.2) is 70.7 Å². The molecule has 0 spiro atoms. The predicted octanol–water partition coefficient (Wildman–Crippen LogP) is 22.6. The van der Waals surface area contributed by atoms with E-state index in [1.807, 2.05) is 6.21 Å². The monoisotopic (exact) mass is 907 g/mol. The summed E-state index contributed by atoms with van der Waals surface area (Å²) in [6, 6.07) is 17.9. The summed E-state index contributed by atoms with van der Waals surface area (Å²) in [5.74, 6) is 0. The van der Waals surface area contributed by atoms with E-state index in [4.69, 9.17) is 9.98 Å². The fourth-order valence-electron chi connectivity index (χ4n) is 9.68. The fourth-order valence-corrected chi connectivity index (χ4v) is 9.68. The minimum atomic E-state index is 0.950. The van der Waals surface area contributed by atoms with Crippen LogP contribution in [0.2, 0.25) is 0 Å². The van der Waals surface area contributed by atoms with Crippen molar-refractivity contribution in [1.82, 2.24) is 0 Å². The van der Waals surface area contributed by atoms with E-state index < -0.39 is 0 Å². The van der Waals surface area contributed by atoms with E-state index in [1.165, 1.54) is 281 Å². The SMILES string of the molecule is CCCCCCCCCCCCCCCCCCCCCCC=CC(C=Nc1cccc(CCCCCCCCCCCCC)c1)=Nc1cccc(CCCCCCCCCCCCC)c1. The van der Waals surface area contributed by atoms with Crippen molar-refractivity contribution in [2.45, 2.75) is 310 Å². The van der Waals surface area contributed by atoms with Crippen LogP contribution in [0.25, 0.3) is 0 Å². The standard InChI is InChI=1S/C64H110N2/c1-4-7-10-13-16-19-22-23-24-25-26-27-28-29-30-31-32-35-38-41-44-47-54-64(66-63-56-49-53-61(58-63)51-46-43-40-37-34-21-18-15-12-9-6-3)59-65-62-55-48-52-60(57-62)50-45-42-39-36-33-20-17-14-11-8-5-2/h47-49,52-59H,4-46,50-51H2,1-3H3. The largest absolute Gasteiger partial charge is 0.255 e. The number of hydrogen-bond acceptors (Lipinski definition) is 2. The van der Waals surface area contributed by atoms with Gasteiger partial charge in [0.25, 0.3) is 0 Å². The lowest BCUT2D eigenvalue weighted by molar-refractivity contribution is 0.522. The van der Waals surface area contributed by atoms with Gasteiger partial charge in [-0.1, -0.05) is 302 Å². The summed E-state index contributed by atoms with van der Waals surface area (Å²) in [7, 11) is 0. The lowest BCUT2D eigenvalue weighted by Crippen LogP contribution is -1.95. The maximum absolute atomic E-state index is 5.18. The first-order valence-corrected chi connectivity index (χ1v) is 29.7. The Kier molecular flexibility index (Phi) is 43.0. The Balaban J connectivity index is 1.76. The van der Waals surface area contributed by atoms with Crippen LogP contribution >= 0.6 is 0 Å². The molecule has 2 nitrogen and oxygen atoms in total. The minimum absolute atomic E-state index is 0.950. The zero-order valence-corrected chi connectivity index (χ0v) is 44.6. The van der Waals surface area contributed by atoms with E-state index in [-0.39, 0.29) is 0 Å². The number of unbranched alkanes of at least 4 members (excludes halogenated alkanes) is 40. The Morgan fingerprint density at radius 1 is 0.348 bits per heavy atom. The van der Waals surface area contributed by atoms with Crippen molar-refractivity contribution in [2.75, 3.05) is 0 Å². The van der Waals surface area contributed by atoms with E-state index in [1.54, 1.807) is 0 Å². The van der Waals surface area contributed by atoms with Gasteiger partial charge in [-0.15, -0.1) is 0 Å². The molecule has 2 heteroatoms. The van der Waals surface area contributed by atoms with Gasteiger partial charge in [0.1, 0.15) is 0 Å². The molecule has 0 amide bonds. The second-order valence-corrected chi connectivity index (χ2v) is 20.6. The third-order valence-corrected chi connectivity index (χ3v) is 14.1. The summed E-state index contributed by atoms with van der Waals surface area (Å²) in [6.07, 6.45) is 69.0. The molecule has 0 saturated carbocycles. The summed E-state index contributed by atoms with van der Waals surface area (Å²) >= 11 is 0. The third kappa shape index (κ3) is 38.5. The second-order valence-electron chi connectivity index (χ2n) is 20.6. The van der Waals surface area contributed by atoms with Gasteiger partial charge in [-0.2, -0.15) is 0 Å². The highest BCUT2D eigenvalue weighted by atomic mass is 14.8. The molecule has 2 rings (SSSR count). The van der Waals surface area contributed by atoms with Crippen LogP contribution in [0.3, 0.4) is 0 Å². The maximum atomic E-state index is 5.18. The Morgan fingerprint density at radius 2 is 0.652 bits per heavy atom. The molecule has 0 aliphatic heterocycles. The molecule has 0 N–H and O–H groups in total. The van der Waals surface area contributed by atoms with Gasteiger partial charge in [0, 0.05) is 0 Å². The summed E-state index contributed by atoms with van der Waals surface area (Å²) in [5.41, 5.74) is 5.85. The van der Waals surface area contributed by atoms with Gasteiger partial charge in [-0.05, 0) is 80.0 Å². The predicted molar refractivity (Wildman–Crippen MR) is 300 cm³/mol. The lowest BCUT2D eigenvalue weighted by atomic mass is 10.0. The van der Waals surface area contributed by atoms with Crippen LogP contribution in [-0.4, -0.2) is 11.9 Å². The summed E-state index contributed by atoms with van der Waals surface area (Å²) in [4.78, 5) is 10.2. The molecule has 0 saturated heterocycles. The average Bonchev–Trinajstić information content (AvgIpc) is 3.33. The molecular formula is C64H110N2. The van der Waals surface area contributed by atoms with Crippen LogP contribution in [-0.2, 0) is 12.8 Å². The van der Waals surface area contributed by atoms with E-state index in [2.05, 4.69) is 81.5 Å². The van der Waals surface area contributed by atoms with Crippen molar-refractivity contribution in [3.8, 4) is 0 Å². The minimum Gasteiger partial charge on any atom is -0.255 e. The molecule has 0 atom stereocenters. The topological polar surface area (TPSA) is 24.7 Å². The molecule has 0 aliphatic rings. The molecule has 0 radical (unpaired) electrons. The molecule has 376 valence electrons. The summed E-state index contributed by atoms with van der Waals surface area (Å²) in [6.45, 7) is 6.92. The number of nitrogens with zero attached hydrogens (tertiary/aromatic N) is 2. The number of aryl methyl sites for hydroxylation is 2. The number of benzene rings is 2. The summed E-state index contributed by atoms with van der Waals surface area (Å²) in [5, 5.41) is 0. The van der Waals surface area contributed by atoms with Crippen molar-refractivity contribution in [2.24, 2.45) is 9.98 Å². The number of hydrogen-bond donors (Lipinski definition) is 0. The molecule has 0 heterocycles. The van der Waals surface area contributed by atoms with Crippen LogP contribution in [0.4, 0.5) is 11.4 Å². The van der Waals surface area contributed by atoms with Gasteiger partial charge in [0.2, 0.25) is 0 Å². The first kappa shape index (κ1) is 59.6. The highest BCUT2D eigenvalue weighted by Gasteiger charge is 2.02.